The van der Waals surface area contributed by atoms with Crippen LogP contribution in [0.3, 0.4) is 0 Å². The second-order valence-electron chi connectivity index (χ2n) is 5.46. The molecule has 0 amide bonds. The first-order valence-corrected chi connectivity index (χ1v) is 7.33. The normalized spacial score (nSPS) is 17.1. The van der Waals surface area contributed by atoms with Gasteiger partial charge in [0.15, 0.2) is 0 Å². The van der Waals surface area contributed by atoms with E-state index in [2.05, 4.69) is 29.8 Å². The third kappa shape index (κ3) is 2.27. The van der Waals surface area contributed by atoms with Crippen molar-refractivity contribution < 1.29 is 14.6 Å². The molecular weight excluding hydrogens is 308 g/mol. The zero-order valence-electron chi connectivity index (χ0n) is 11.5. The number of benzene rings is 1. The van der Waals surface area contributed by atoms with E-state index in [1.807, 2.05) is 12.1 Å². The van der Waals surface area contributed by atoms with Gasteiger partial charge >= 0.3 is 5.97 Å². The molecule has 1 saturated carbocycles. The molecule has 0 aliphatic heterocycles. The van der Waals surface area contributed by atoms with Gasteiger partial charge in [0, 0.05) is 10.0 Å². The van der Waals surface area contributed by atoms with Crippen molar-refractivity contribution in [2.75, 3.05) is 7.11 Å². The van der Waals surface area contributed by atoms with Crippen molar-refractivity contribution >= 4 is 21.9 Å². The summed E-state index contributed by atoms with van der Waals surface area (Å²) in [5.41, 5.74) is 1.21. The number of carboxylic acid groups (broad SMARTS) is 1. The number of hydrogen-bond acceptors (Lipinski definition) is 2. The summed E-state index contributed by atoms with van der Waals surface area (Å²) in [6, 6.07) is 3.86. The number of methoxy groups -OCH3 is 1. The van der Waals surface area contributed by atoms with E-state index in [-0.39, 0.29) is 5.92 Å². The van der Waals surface area contributed by atoms with Gasteiger partial charge in [-0.05, 0) is 36.5 Å². The van der Waals surface area contributed by atoms with Crippen molar-refractivity contribution in [3.63, 3.8) is 0 Å². The molecule has 0 saturated heterocycles. The minimum atomic E-state index is -0.726. The molecule has 0 spiro atoms. The average molecular weight is 327 g/mol. The highest BCUT2D eigenvalue weighted by atomic mass is 79.9. The molecule has 1 aliphatic rings. The summed E-state index contributed by atoms with van der Waals surface area (Å²) in [6.45, 7) is 4.15. The Balaban J connectivity index is 2.67. The van der Waals surface area contributed by atoms with Gasteiger partial charge in [-0.25, -0.2) is 0 Å². The molecule has 1 fully saturated rings. The van der Waals surface area contributed by atoms with Gasteiger partial charge in [-0.3, -0.25) is 4.79 Å². The van der Waals surface area contributed by atoms with E-state index < -0.39 is 11.4 Å². The van der Waals surface area contributed by atoms with E-state index in [0.29, 0.717) is 12.8 Å². The first kappa shape index (κ1) is 14.4. The molecular formula is C15H19BrO3. The fourth-order valence-corrected chi connectivity index (χ4v) is 3.32. The Morgan fingerprint density at radius 2 is 2.05 bits per heavy atom. The number of carbonyl (C=O) groups is 1. The highest BCUT2D eigenvalue weighted by Gasteiger charge is 2.48. The van der Waals surface area contributed by atoms with Crippen LogP contribution < -0.4 is 4.74 Å². The molecule has 4 heteroatoms. The van der Waals surface area contributed by atoms with E-state index >= 15 is 0 Å². The predicted octanol–water partition coefficient (Wildman–Crippen LogP) is 4.09. The van der Waals surface area contributed by atoms with Crippen LogP contribution in [0.1, 0.15) is 50.2 Å². The van der Waals surface area contributed by atoms with Crippen LogP contribution in [0.2, 0.25) is 0 Å². The Morgan fingerprint density at radius 1 is 1.42 bits per heavy atom. The molecule has 1 aromatic rings. The summed E-state index contributed by atoms with van der Waals surface area (Å²) >= 11 is 3.46. The molecule has 0 atom stereocenters. The van der Waals surface area contributed by atoms with Crippen molar-refractivity contribution in [2.24, 2.45) is 0 Å². The van der Waals surface area contributed by atoms with Gasteiger partial charge in [0.25, 0.3) is 0 Å². The zero-order chi connectivity index (χ0) is 14.2. The lowest BCUT2D eigenvalue weighted by atomic mass is 9.62. The molecule has 0 bridgehead atoms. The topological polar surface area (TPSA) is 46.5 Å². The Hall–Kier alpha value is -1.03. The van der Waals surface area contributed by atoms with Gasteiger partial charge in [0.05, 0.1) is 12.5 Å². The smallest absolute Gasteiger partial charge is 0.314 e. The first-order valence-electron chi connectivity index (χ1n) is 6.53. The molecule has 3 nitrogen and oxygen atoms in total. The zero-order valence-corrected chi connectivity index (χ0v) is 13.1. The number of halogens is 1. The molecule has 104 valence electrons. The Morgan fingerprint density at radius 3 is 2.42 bits per heavy atom. The van der Waals surface area contributed by atoms with Crippen LogP contribution in [0.25, 0.3) is 0 Å². The first-order chi connectivity index (χ1) is 8.92. The third-order valence-electron chi connectivity index (χ3n) is 4.04. The minimum Gasteiger partial charge on any atom is -0.496 e. The maximum absolute atomic E-state index is 11.7. The van der Waals surface area contributed by atoms with E-state index in [1.165, 1.54) is 0 Å². The third-order valence-corrected chi connectivity index (χ3v) is 4.49. The van der Waals surface area contributed by atoms with Crippen LogP contribution in [0, 0.1) is 0 Å². The van der Waals surface area contributed by atoms with Gasteiger partial charge in [-0.2, -0.15) is 0 Å². The lowest BCUT2D eigenvalue weighted by Crippen LogP contribution is -2.43. The second kappa shape index (κ2) is 5.16. The number of rotatable bonds is 4. The highest BCUT2D eigenvalue weighted by molar-refractivity contribution is 9.10. The van der Waals surface area contributed by atoms with Crippen molar-refractivity contribution in [2.45, 2.75) is 44.4 Å². The van der Waals surface area contributed by atoms with Crippen LogP contribution in [0.15, 0.2) is 16.6 Å². The van der Waals surface area contributed by atoms with Crippen molar-refractivity contribution in [3.05, 3.63) is 27.7 Å². The number of ether oxygens (including phenoxy) is 1. The fourth-order valence-electron chi connectivity index (χ4n) is 2.88. The van der Waals surface area contributed by atoms with E-state index in [4.69, 9.17) is 4.74 Å². The van der Waals surface area contributed by atoms with E-state index in [9.17, 15) is 9.90 Å². The SMILES string of the molecule is COc1cc(Br)cc(C2(C(=O)O)CCC2)c1C(C)C. The lowest BCUT2D eigenvalue weighted by Gasteiger charge is -2.40. The second-order valence-corrected chi connectivity index (χ2v) is 6.38. The molecule has 0 heterocycles. The maximum atomic E-state index is 11.7. The monoisotopic (exact) mass is 326 g/mol. The Kier molecular flexibility index (Phi) is 3.90. The van der Waals surface area contributed by atoms with Crippen LogP contribution in [0.4, 0.5) is 0 Å². The van der Waals surface area contributed by atoms with Gasteiger partial charge in [0.2, 0.25) is 0 Å². The van der Waals surface area contributed by atoms with Gasteiger partial charge in [-0.1, -0.05) is 36.2 Å². The van der Waals surface area contributed by atoms with Crippen LogP contribution in [0.5, 0.6) is 5.75 Å². The summed E-state index contributed by atoms with van der Waals surface area (Å²) in [4.78, 5) is 11.7. The Labute approximate surface area is 122 Å². The average Bonchev–Trinajstić information content (AvgIpc) is 2.25. The molecule has 1 N–H and O–H groups in total. The lowest BCUT2D eigenvalue weighted by molar-refractivity contribution is -0.147. The standard InChI is InChI=1S/C15H19BrO3/c1-9(2)13-11(7-10(16)8-12(13)19-3)15(14(17)18)5-4-6-15/h7-9H,4-6H2,1-3H3,(H,17,18). The van der Waals surface area contributed by atoms with Crippen molar-refractivity contribution in [1.29, 1.82) is 0 Å². The van der Waals surface area contributed by atoms with Crippen LogP contribution >= 0.6 is 15.9 Å². The molecule has 0 unspecified atom stereocenters. The maximum Gasteiger partial charge on any atom is 0.314 e. The predicted molar refractivity (Wildman–Crippen MR) is 77.9 cm³/mol. The molecule has 1 aromatic carbocycles. The summed E-state index contributed by atoms with van der Waals surface area (Å²) in [5.74, 6) is 0.280. The fraction of sp³-hybridized carbons (Fsp3) is 0.533. The quantitative estimate of drug-likeness (QED) is 0.906. The highest BCUT2D eigenvalue weighted by Crippen LogP contribution is 2.49. The molecule has 1 aliphatic carbocycles. The summed E-state index contributed by atoms with van der Waals surface area (Å²) in [5, 5.41) is 9.64. The van der Waals surface area contributed by atoms with Crippen LogP contribution in [-0.2, 0) is 10.2 Å². The van der Waals surface area contributed by atoms with Crippen LogP contribution in [-0.4, -0.2) is 18.2 Å². The summed E-state index contributed by atoms with van der Waals surface area (Å²) < 4.78 is 6.32. The Bertz CT molecular complexity index is 504. The largest absolute Gasteiger partial charge is 0.496 e. The summed E-state index contributed by atoms with van der Waals surface area (Å²) in [7, 11) is 1.63. The van der Waals surface area contributed by atoms with Gasteiger partial charge in [-0.15, -0.1) is 0 Å². The molecule has 0 aromatic heterocycles. The summed E-state index contributed by atoms with van der Waals surface area (Å²) in [6.07, 6.45) is 2.39. The van der Waals surface area contributed by atoms with Crippen molar-refractivity contribution in [3.8, 4) is 5.75 Å². The van der Waals surface area contributed by atoms with E-state index in [1.54, 1.807) is 7.11 Å². The van der Waals surface area contributed by atoms with E-state index in [0.717, 1.165) is 27.8 Å². The number of aliphatic carboxylic acids is 1. The number of hydrogen-bond donors (Lipinski definition) is 1. The number of carboxylic acids is 1. The minimum absolute atomic E-state index is 0.231. The molecule has 0 radical (unpaired) electrons. The van der Waals surface area contributed by atoms with Gasteiger partial charge in [0.1, 0.15) is 5.75 Å². The van der Waals surface area contributed by atoms with Crippen molar-refractivity contribution in [1.82, 2.24) is 0 Å². The molecule has 2 rings (SSSR count). The molecule has 19 heavy (non-hydrogen) atoms. The van der Waals surface area contributed by atoms with Gasteiger partial charge < -0.3 is 9.84 Å².